The minimum absolute atomic E-state index is 0.0739. The van der Waals surface area contributed by atoms with E-state index in [2.05, 4.69) is 15.5 Å². The maximum atomic E-state index is 12.1. The van der Waals surface area contributed by atoms with Gasteiger partial charge in [0.1, 0.15) is 0 Å². The minimum atomic E-state index is -0.417. The van der Waals surface area contributed by atoms with Crippen LogP contribution in [0.4, 0.5) is 11.4 Å². The van der Waals surface area contributed by atoms with Crippen molar-refractivity contribution in [3.63, 3.8) is 0 Å². The smallest absolute Gasteiger partial charge is 0.269 e. The van der Waals surface area contributed by atoms with Crippen molar-refractivity contribution in [3.8, 4) is 0 Å². The molecule has 7 nitrogen and oxygen atoms in total. The molecule has 0 unspecified atom stereocenters. The van der Waals surface area contributed by atoms with Gasteiger partial charge >= 0.3 is 0 Å². The van der Waals surface area contributed by atoms with Gasteiger partial charge in [0.25, 0.3) is 5.69 Å². The summed E-state index contributed by atoms with van der Waals surface area (Å²) in [5.41, 5.74) is 0.884. The predicted octanol–water partition coefficient (Wildman–Crippen LogP) is 2.64. The Morgan fingerprint density at radius 1 is 1.12 bits per heavy atom. The van der Waals surface area contributed by atoms with Gasteiger partial charge in [-0.3, -0.25) is 19.8 Å². The molecule has 2 atom stereocenters. The highest BCUT2D eigenvalue weighted by Gasteiger charge is 2.31. The van der Waals surface area contributed by atoms with Crippen LogP contribution in [0.15, 0.2) is 24.3 Å². The van der Waals surface area contributed by atoms with E-state index < -0.39 is 4.92 Å². The van der Waals surface area contributed by atoms with Crippen molar-refractivity contribution in [1.29, 1.82) is 0 Å². The normalized spacial score (nSPS) is 23.1. The Morgan fingerprint density at radius 2 is 1.85 bits per heavy atom. The third kappa shape index (κ3) is 5.17. The first-order valence-electron chi connectivity index (χ1n) is 9.59. The summed E-state index contributed by atoms with van der Waals surface area (Å²) in [6.45, 7) is 3.72. The van der Waals surface area contributed by atoms with Gasteiger partial charge in [-0.1, -0.05) is 19.3 Å². The fourth-order valence-electron chi connectivity index (χ4n) is 4.19. The molecule has 1 aromatic carbocycles. The highest BCUT2D eigenvalue weighted by molar-refractivity contribution is 5.78. The number of carbonyl (C=O) groups excluding carboxylic acids is 1. The molecule has 1 aliphatic carbocycles. The van der Waals surface area contributed by atoms with Crippen LogP contribution in [0.2, 0.25) is 0 Å². The molecule has 2 fully saturated rings. The van der Waals surface area contributed by atoms with E-state index in [1.807, 2.05) is 0 Å². The summed E-state index contributed by atoms with van der Waals surface area (Å²) in [5.74, 6) is 1.74. The number of amides is 1. The number of likely N-dealkylation sites (tertiary alicyclic amines) is 1. The lowest BCUT2D eigenvalue weighted by Gasteiger charge is -2.41. The zero-order valence-corrected chi connectivity index (χ0v) is 15.2. The molecule has 0 bridgehead atoms. The second kappa shape index (κ2) is 8.98. The Hall–Kier alpha value is -2.15. The Balaban J connectivity index is 1.32. The molecule has 1 aromatic rings. The Labute approximate surface area is 154 Å². The van der Waals surface area contributed by atoms with Gasteiger partial charge in [0.05, 0.1) is 11.5 Å². The minimum Gasteiger partial charge on any atom is -0.383 e. The number of carbonyl (C=O) groups is 1. The van der Waals surface area contributed by atoms with Crippen LogP contribution in [0.3, 0.4) is 0 Å². The molecule has 0 radical (unpaired) electrons. The lowest BCUT2D eigenvalue weighted by Crippen LogP contribution is -2.46. The average molecular weight is 360 g/mol. The summed E-state index contributed by atoms with van der Waals surface area (Å²) in [5, 5.41) is 16.7. The van der Waals surface area contributed by atoms with Gasteiger partial charge in [-0.25, -0.2) is 0 Å². The Bertz CT molecular complexity index is 620. The molecule has 0 aromatic heterocycles. The number of nitro groups is 1. The number of piperidine rings is 1. The topological polar surface area (TPSA) is 87.5 Å². The van der Waals surface area contributed by atoms with E-state index in [1.165, 1.54) is 44.2 Å². The van der Waals surface area contributed by atoms with E-state index in [1.54, 1.807) is 12.1 Å². The Kier molecular flexibility index (Phi) is 6.44. The molecule has 26 heavy (non-hydrogen) atoms. The third-order valence-electron chi connectivity index (χ3n) is 5.60. The lowest BCUT2D eigenvalue weighted by atomic mass is 9.75. The van der Waals surface area contributed by atoms with Crippen LogP contribution in [0.1, 0.15) is 32.1 Å². The Morgan fingerprint density at radius 3 is 2.58 bits per heavy atom. The van der Waals surface area contributed by atoms with Gasteiger partial charge in [0, 0.05) is 37.5 Å². The van der Waals surface area contributed by atoms with Gasteiger partial charge in [0.2, 0.25) is 5.91 Å². The number of hydrogen-bond donors (Lipinski definition) is 2. The third-order valence-corrected chi connectivity index (χ3v) is 5.60. The maximum Gasteiger partial charge on any atom is 0.269 e. The molecule has 1 amide bonds. The van der Waals surface area contributed by atoms with E-state index in [4.69, 9.17) is 0 Å². The van der Waals surface area contributed by atoms with Crippen LogP contribution < -0.4 is 10.6 Å². The zero-order chi connectivity index (χ0) is 18.4. The van der Waals surface area contributed by atoms with Crippen LogP contribution in [0, 0.1) is 22.0 Å². The van der Waals surface area contributed by atoms with Gasteiger partial charge in [-0.05, 0) is 43.4 Å². The number of hydrogen-bond acceptors (Lipinski definition) is 5. The zero-order valence-electron chi connectivity index (χ0n) is 15.2. The average Bonchev–Trinajstić information content (AvgIpc) is 2.65. The van der Waals surface area contributed by atoms with Crippen molar-refractivity contribution in [3.05, 3.63) is 34.4 Å². The number of benzene rings is 1. The number of nitrogens with one attached hydrogen (secondary N) is 2. The monoisotopic (exact) mass is 360 g/mol. The molecular weight excluding hydrogens is 332 g/mol. The highest BCUT2D eigenvalue weighted by atomic mass is 16.6. The largest absolute Gasteiger partial charge is 0.383 e. The number of anilines is 1. The quantitative estimate of drug-likeness (QED) is 0.443. The second-order valence-electron chi connectivity index (χ2n) is 7.41. The first-order valence-corrected chi connectivity index (χ1v) is 9.59. The highest BCUT2D eigenvalue weighted by Crippen LogP contribution is 2.35. The van der Waals surface area contributed by atoms with Crippen molar-refractivity contribution < 1.29 is 9.72 Å². The molecular formula is C19H28N4O3. The van der Waals surface area contributed by atoms with Crippen molar-refractivity contribution in [1.82, 2.24) is 10.2 Å². The van der Waals surface area contributed by atoms with Crippen molar-refractivity contribution in [2.75, 3.05) is 38.0 Å². The molecule has 7 heteroatoms. The predicted molar refractivity (Wildman–Crippen MR) is 101 cm³/mol. The number of nitrogens with zero attached hydrogens (tertiary/aromatic N) is 2. The second-order valence-corrected chi connectivity index (χ2v) is 7.41. The lowest BCUT2D eigenvalue weighted by molar-refractivity contribution is -0.384. The van der Waals surface area contributed by atoms with Crippen LogP contribution in [0.25, 0.3) is 0 Å². The molecule has 2 aliphatic rings. The fraction of sp³-hybridized carbons (Fsp3) is 0.632. The molecule has 0 spiro atoms. The van der Waals surface area contributed by atoms with Crippen molar-refractivity contribution in [2.24, 2.45) is 11.8 Å². The van der Waals surface area contributed by atoms with E-state index >= 15 is 0 Å². The summed E-state index contributed by atoms with van der Waals surface area (Å²) in [7, 11) is 0. The van der Waals surface area contributed by atoms with Gasteiger partial charge in [-0.2, -0.15) is 0 Å². The molecule has 1 heterocycles. The van der Waals surface area contributed by atoms with E-state index in [0.717, 1.165) is 30.6 Å². The summed E-state index contributed by atoms with van der Waals surface area (Å²) in [6, 6.07) is 6.29. The number of rotatable bonds is 7. The van der Waals surface area contributed by atoms with Gasteiger partial charge in [0.15, 0.2) is 0 Å². The summed E-state index contributed by atoms with van der Waals surface area (Å²) < 4.78 is 0. The van der Waals surface area contributed by atoms with E-state index in [9.17, 15) is 14.9 Å². The van der Waals surface area contributed by atoms with E-state index in [0.29, 0.717) is 19.6 Å². The number of non-ortho nitro benzene ring substituents is 1. The SMILES string of the molecule is O=C(CN1CC[C@@H]2CCCC[C@@H]2C1)NCCNc1ccc([N+](=O)[O-])cc1. The first kappa shape index (κ1) is 18.6. The first-order chi connectivity index (χ1) is 12.6. The summed E-state index contributed by atoms with van der Waals surface area (Å²) >= 11 is 0. The fourth-order valence-corrected chi connectivity index (χ4v) is 4.19. The van der Waals surface area contributed by atoms with Crippen molar-refractivity contribution >= 4 is 17.3 Å². The summed E-state index contributed by atoms with van der Waals surface area (Å²) in [4.78, 5) is 24.7. The maximum absolute atomic E-state index is 12.1. The van der Waals surface area contributed by atoms with Crippen LogP contribution in [-0.2, 0) is 4.79 Å². The van der Waals surface area contributed by atoms with Crippen LogP contribution >= 0.6 is 0 Å². The molecule has 142 valence electrons. The van der Waals surface area contributed by atoms with Gasteiger partial charge in [-0.15, -0.1) is 0 Å². The molecule has 1 aliphatic heterocycles. The van der Waals surface area contributed by atoms with Gasteiger partial charge < -0.3 is 10.6 Å². The van der Waals surface area contributed by atoms with Crippen molar-refractivity contribution in [2.45, 2.75) is 32.1 Å². The molecule has 3 rings (SSSR count). The van der Waals surface area contributed by atoms with E-state index in [-0.39, 0.29) is 11.6 Å². The number of fused-ring (bicyclic) bond motifs is 1. The molecule has 1 saturated carbocycles. The molecule has 1 saturated heterocycles. The summed E-state index contributed by atoms with van der Waals surface area (Å²) in [6.07, 6.45) is 6.65. The number of nitro benzene ring substituents is 1. The van der Waals surface area contributed by atoms with Crippen LogP contribution in [0.5, 0.6) is 0 Å². The van der Waals surface area contributed by atoms with Crippen LogP contribution in [-0.4, -0.2) is 48.5 Å². The molecule has 2 N–H and O–H groups in total. The standard InChI is InChI=1S/C19H28N4O3/c24-19(14-22-12-9-15-3-1-2-4-16(15)13-22)21-11-10-20-17-5-7-18(8-6-17)23(25)26/h5-8,15-16,20H,1-4,9-14H2,(H,21,24)/t15-,16+/m0/s1.